The lowest BCUT2D eigenvalue weighted by Crippen LogP contribution is -2.42. The van der Waals surface area contributed by atoms with Gasteiger partial charge < -0.3 is 48.3 Å². The molecular formula is C77H150ClN9O5. The molecule has 0 rings (SSSR count). The average molecular weight is 1320 g/mol. The Bertz CT molecular complexity index is 1750. The summed E-state index contributed by atoms with van der Waals surface area (Å²) >= 11 is 0. The van der Waals surface area contributed by atoms with Crippen molar-refractivity contribution in [1.29, 1.82) is 0 Å². The number of nitrogens with zero attached hydrogens (tertiary/aromatic N) is 3. The molecule has 0 aliphatic rings. The molecule has 0 unspecified atom stereocenters. The number of carbonyl (C=O) groups is 5. The summed E-state index contributed by atoms with van der Waals surface area (Å²) in [4.78, 5) is 73.5. The van der Waals surface area contributed by atoms with E-state index in [-0.39, 0.29) is 41.9 Å². The SMILES string of the molecule is CCCCCCCC/C=C/CCCCCCCC(=O)N(CCCCN(CCCN(CCCNC(=O)[C@@H](N)CCCN)C(=O)CCCCCCC/C=C/CCCCCCCC)C(=O)CCCCCCC/C=C/CCCCCCCC)CCCNC(=O)[C@@H](N)CCCN.Cl. The van der Waals surface area contributed by atoms with Gasteiger partial charge in [0.1, 0.15) is 0 Å². The molecule has 2 atom stereocenters. The molecule has 5 amide bonds. The Labute approximate surface area is 573 Å². The van der Waals surface area contributed by atoms with Crippen LogP contribution in [-0.2, 0) is 24.0 Å². The minimum Gasteiger partial charge on any atom is -0.355 e. The molecule has 92 heavy (non-hydrogen) atoms. The number of unbranched alkanes of at least 4 members (excludes halogenated alkanes) is 34. The van der Waals surface area contributed by atoms with Crippen LogP contribution in [0.1, 0.15) is 348 Å². The van der Waals surface area contributed by atoms with Crippen LogP contribution in [0.3, 0.4) is 0 Å². The summed E-state index contributed by atoms with van der Waals surface area (Å²) in [6.07, 6.45) is 68.6. The van der Waals surface area contributed by atoms with Crippen LogP contribution in [0.5, 0.6) is 0 Å². The van der Waals surface area contributed by atoms with Gasteiger partial charge in [-0.05, 0) is 167 Å². The van der Waals surface area contributed by atoms with Crippen LogP contribution in [0.25, 0.3) is 0 Å². The lowest BCUT2D eigenvalue weighted by Gasteiger charge is -2.27. The zero-order valence-electron chi connectivity index (χ0n) is 60.4. The Balaban J connectivity index is 0. The Morgan fingerprint density at radius 2 is 0.533 bits per heavy atom. The highest BCUT2D eigenvalue weighted by atomic mass is 35.5. The van der Waals surface area contributed by atoms with E-state index in [1.807, 2.05) is 14.7 Å². The van der Waals surface area contributed by atoms with Gasteiger partial charge in [-0.2, -0.15) is 0 Å². The lowest BCUT2D eigenvalue weighted by molar-refractivity contribution is -0.133. The number of rotatable bonds is 70. The molecular weight excluding hydrogens is 1170 g/mol. The van der Waals surface area contributed by atoms with E-state index in [1.54, 1.807) is 0 Å². The summed E-state index contributed by atoms with van der Waals surface area (Å²) in [5.41, 5.74) is 23.6. The standard InChI is InChI=1S/C77H149N9O5.ClH/c1-4-7-10-13-16-19-22-25-28-31-34-37-40-43-46-58-73(87)84(67-53-63-82-76(90)71(80)56-51-61-78)65-49-50-66-85(74(88)59-47-44-41-38-35-32-29-26-23-20-17-14-11-8-5-2)69-55-70-86(68-54-64-83-77(91)72(81)57-52-62-79)75(89)60-48-45-42-39-36-33-30-27-24-21-18-15-12-9-6-3;/h25-30,71-72H,4-24,31-70,78-81H2,1-3H3,(H,82,90)(H,83,91);1H/b28-25+,29-26+,30-27+;/t71-,72-;/m0./s1. The predicted octanol–water partition coefficient (Wildman–Crippen LogP) is 17.3. The highest BCUT2D eigenvalue weighted by molar-refractivity contribution is 5.85. The summed E-state index contributed by atoms with van der Waals surface area (Å²) in [6.45, 7) is 12.0. The number of nitrogens with two attached hydrogens (primary N) is 4. The van der Waals surface area contributed by atoms with Gasteiger partial charge in [-0.3, -0.25) is 24.0 Å². The van der Waals surface area contributed by atoms with Crippen LogP contribution in [-0.4, -0.2) is 122 Å². The average Bonchev–Trinajstić information content (AvgIpc) is 3.61. The Morgan fingerprint density at radius 1 is 0.304 bits per heavy atom. The van der Waals surface area contributed by atoms with Gasteiger partial charge in [-0.1, -0.05) is 211 Å². The van der Waals surface area contributed by atoms with Gasteiger partial charge in [-0.15, -0.1) is 12.4 Å². The molecule has 10 N–H and O–H groups in total. The molecule has 0 aromatic heterocycles. The molecule has 0 aromatic carbocycles. The van der Waals surface area contributed by atoms with Gasteiger partial charge in [0.2, 0.25) is 29.5 Å². The zero-order chi connectivity index (χ0) is 66.6. The molecule has 0 saturated carbocycles. The van der Waals surface area contributed by atoms with Crippen molar-refractivity contribution in [3.63, 3.8) is 0 Å². The van der Waals surface area contributed by atoms with Crippen molar-refractivity contribution in [2.24, 2.45) is 22.9 Å². The van der Waals surface area contributed by atoms with E-state index < -0.39 is 12.1 Å². The normalized spacial score (nSPS) is 12.2. The van der Waals surface area contributed by atoms with Crippen molar-refractivity contribution < 1.29 is 24.0 Å². The van der Waals surface area contributed by atoms with Crippen LogP contribution >= 0.6 is 12.4 Å². The van der Waals surface area contributed by atoms with Gasteiger partial charge in [0.15, 0.2) is 0 Å². The van der Waals surface area contributed by atoms with E-state index in [0.29, 0.717) is 130 Å². The lowest BCUT2D eigenvalue weighted by atomic mass is 10.1. The smallest absolute Gasteiger partial charge is 0.236 e. The minimum atomic E-state index is -0.598. The Hall–Kier alpha value is -3.30. The third kappa shape index (κ3) is 60.4. The third-order valence-electron chi connectivity index (χ3n) is 17.9. The molecule has 0 spiro atoms. The first-order valence-electron chi connectivity index (χ1n) is 38.8. The molecule has 0 aromatic rings. The summed E-state index contributed by atoms with van der Waals surface area (Å²) in [7, 11) is 0. The molecule has 14 nitrogen and oxygen atoms in total. The van der Waals surface area contributed by atoms with E-state index in [2.05, 4.69) is 67.9 Å². The summed E-state index contributed by atoms with van der Waals surface area (Å²) in [5.74, 6) is 0.0846. The van der Waals surface area contributed by atoms with Crippen LogP contribution in [0.4, 0.5) is 0 Å². The number of allylic oxidation sites excluding steroid dienone is 6. The Kier molecular flexibility index (Phi) is 71.0. The first-order chi connectivity index (χ1) is 44.6. The Morgan fingerprint density at radius 3 is 0.793 bits per heavy atom. The molecule has 0 fully saturated rings. The number of nitrogens with one attached hydrogen (secondary N) is 2. The first-order valence-corrected chi connectivity index (χ1v) is 38.8. The maximum absolute atomic E-state index is 14.2. The fourth-order valence-electron chi connectivity index (χ4n) is 11.8. The van der Waals surface area contributed by atoms with Crippen molar-refractivity contribution in [2.45, 2.75) is 360 Å². The molecule has 15 heteroatoms. The molecule has 0 aliphatic carbocycles. The van der Waals surface area contributed by atoms with E-state index in [1.165, 1.54) is 173 Å². The van der Waals surface area contributed by atoms with Gasteiger partial charge in [0, 0.05) is 71.6 Å². The monoisotopic (exact) mass is 1320 g/mol. The molecule has 0 aliphatic heterocycles. The molecule has 540 valence electrons. The van der Waals surface area contributed by atoms with E-state index >= 15 is 0 Å². The molecule has 0 bridgehead atoms. The fourth-order valence-corrected chi connectivity index (χ4v) is 11.8. The van der Waals surface area contributed by atoms with Crippen molar-refractivity contribution in [2.75, 3.05) is 65.4 Å². The fraction of sp³-hybridized carbons (Fsp3) is 0.857. The maximum atomic E-state index is 14.2. The van der Waals surface area contributed by atoms with Crippen molar-refractivity contribution in [3.8, 4) is 0 Å². The number of hydrogen-bond donors (Lipinski definition) is 6. The second kappa shape index (κ2) is 72.0. The van der Waals surface area contributed by atoms with Gasteiger partial charge in [-0.25, -0.2) is 0 Å². The van der Waals surface area contributed by atoms with Gasteiger partial charge in [0.25, 0.3) is 0 Å². The highest BCUT2D eigenvalue weighted by Gasteiger charge is 2.20. The van der Waals surface area contributed by atoms with Crippen LogP contribution in [0, 0.1) is 0 Å². The van der Waals surface area contributed by atoms with Crippen molar-refractivity contribution in [1.82, 2.24) is 25.3 Å². The van der Waals surface area contributed by atoms with Gasteiger partial charge >= 0.3 is 0 Å². The van der Waals surface area contributed by atoms with Crippen LogP contribution in [0.2, 0.25) is 0 Å². The molecule has 0 heterocycles. The number of hydrogen-bond acceptors (Lipinski definition) is 9. The van der Waals surface area contributed by atoms with Crippen LogP contribution < -0.4 is 33.6 Å². The van der Waals surface area contributed by atoms with E-state index in [4.69, 9.17) is 22.9 Å². The quantitative estimate of drug-likeness (QED) is 0.0251. The first kappa shape index (κ1) is 90.8. The summed E-state index contributed by atoms with van der Waals surface area (Å²) < 4.78 is 0. The summed E-state index contributed by atoms with van der Waals surface area (Å²) in [5, 5.41) is 5.95. The van der Waals surface area contributed by atoms with Gasteiger partial charge in [0.05, 0.1) is 12.1 Å². The molecule has 0 radical (unpaired) electrons. The minimum absolute atomic E-state index is 0. The third-order valence-corrected chi connectivity index (χ3v) is 17.9. The number of amides is 5. The second-order valence-electron chi connectivity index (χ2n) is 26.6. The van der Waals surface area contributed by atoms with Crippen LogP contribution in [0.15, 0.2) is 36.5 Å². The zero-order valence-corrected chi connectivity index (χ0v) is 61.2. The topological polar surface area (TPSA) is 223 Å². The summed E-state index contributed by atoms with van der Waals surface area (Å²) in [6, 6.07) is -1.19. The molecule has 0 saturated heterocycles. The van der Waals surface area contributed by atoms with E-state index in [0.717, 1.165) is 89.9 Å². The van der Waals surface area contributed by atoms with E-state index in [9.17, 15) is 24.0 Å². The highest BCUT2D eigenvalue weighted by Crippen LogP contribution is 2.17. The van der Waals surface area contributed by atoms with Crippen molar-refractivity contribution in [3.05, 3.63) is 36.5 Å². The maximum Gasteiger partial charge on any atom is 0.236 e. The second-order valence-corrected chi connectivity index (χ2v) is 26.6. The largest absolute Gasteiger partial charge is 0.355 e. The number of halogens is 1. The predicted molar refractivity (Wildman–Crippen MR) is 397 cm³/mol. The van der Waals surface area contributed by atoms with Crippen molar-refractivity contribution >= 4 is 41.9 Å². The number of carbonyl (C=O) groups excluding carboxylic acids is 5.